The van der Waals surface area contributed by atoms with Gasteiger partial charge < -0.3 is 42.9 Å². The number of amides is 3. The molecule has 10 N–H and O–H groups in total. The first-order chi connectivity index (χ1) is 21.7. The van der Waals surface area contributed by atoms with Gasteiger partial charge in [-0.2, -0.15) is 0 Å². The summed E-state index contributed by atoms with van der Waals surface area (Å²) in [7, 11) is 0. The summed E-state index contributed by atoms with van der Waals surface area (Å²) in [6.07, 6.45) is 6.34. The number of β-lactam (4-membered cyclic amide) rings is 1. The van der Waals surface area contributed by atoms with E-state index in [4.69, 9.17) is 22.0 Å². The molecule has 2 aromatic rings. The van der Waals surface area contributed by atoms with Gasteiger partial charge in [0.05, 0.1) is 0 Å². The number of hydrogen-bond donors (Lipinski definition) is 7. The molecular formula is C26H31N10O8S2+. The van der Waals surface area contributed by atoms with E-state index in [9.17, 15) is 34.2 Å². The molecule has 20 heteroatoms. The lowest BCUT2D eigenvalue weighted by atomic mass is 10.0. The monoisotopic (exact) mass is 675 g/mol. The molecule has 2 aliphatic rings. The van der Waals surface area contributed by atoms with Crippen LogP contribution < -0.4 is 32.4 Å². The molecule has 0 aliphatic carbocycles. The van der Waals surface area contributed by atoms with Crippen LogP contribution in [-0.2, 0) is 35.4 Å². The van der Waals surface area contributed by atoms with Crippen LogP contribution in [0.4, 0.5) is 16.6 Å². The maximum Gasteiger partial charge on any atom is 0.352 e. The fourth-order valence-corrected chi connectivity index (χ4v) is 5.97. The van der Waals surface area contributed by atoms with Crippen LogP contribution >= 0.6 is 23.1 Å². The van der Waals surface area contributed by atoms with E-state index in [1.807, 2.05) is 0 Å². The second-order valence-electron chi connectivity index (χ2n) is 10.3. The maximum atomic E-state index is 13.2. The van der Waals surface area contributed by atoms with Crippen molar-refractivity contribution in [3.63, 3.8) is 0 Å². The van der Waals surface area contributed by atoms with Crippen molar-refractivity contribution in [3.8, 4) is 0 Å². The van der Waals surface area contributed by atoms with Crippen LogP contribution in [0.5, 0.6) is 0 Å². The average Bonchev–Trinajstić information content (AvgIpc) is 3.42. The molecule has 0 spiro atoms. The molecule has 0 saturated carbocycles. The van der Waals surface area contributed by atoms with Gasteiger partial charge >= 0.3 is 11.9 Å². The number of thioether (sulfide) groups is 1. The van der Waals surface area contributed by atoms with E-state index < -0.39 is 46.5 Å². The van der Waals surface area contributed by atoms with Crippen molar-refractivity contribution in [1.29, 1.82) is 0 Å². The standard InChI is InChI=1S/C26H30N10O8S2/c1-26(2,24(42)43)44-34-16(14-10-46-25(29)32-14)20(38)33-17-21(39)36-18(23(40)41)12(9-45-22(17)36)4-3-7-35-8-13(19(28)30-11-35)31-15(37)5-6-27/h3-4,8,10-11,17,22,28H,5-7,9,27H2,1-2H3,(H6,29,31,32,33,37,38,40,41,42,43)/p+1/b4-3+,34-16-/t17-,22?/m1/s1. The first kappa shape index (κ1) is 33.8. The Bertz CT molecular complexity index is 1670. The van der Waals surface area contributed by atoms with Crippen LogP contribution in [0.3, 0.4) is 0 Å². The van der Waals surface area contributed by atoms with E-state index in [1.54, 1.807) is 22.9 Å². The number of allylic oxidation sites excluding steroid dienone is 2. The maximum absolute atomic E-state index is 13.2. The molecule has 3 amide bonds. The third-order valence-corrected chi connectivity index (χ3v) is 8.52. The van der Waals surface area contributed by atoms with Crippen LogP contribution in [0.1, 0.15) is 26.0 Å². The molecule has 2 aromatic heterocycles. The number of carboxylic acids is 2. The van der Waals surface area contributed by atoms with Gasteiger partial charge in [-0.25, -0.2) is 19.1 Å². The molecular weight excluding hydrogens is 644 g/mol. The predicted molar refractivity (Wildman–Crippen MR) is 166 cm³/mol. The molecule has 244 valence electrons. The molecule has 46 heavy (non-hydrogen) atoms. The zero-order valence-corrected chi connectivity index (χ0v) is 26.1. The van der Waals surface area contributed by atoms with Gasteiger partial charge in [0, 0.05) is 24.1 Å². The molecule has 2 atom stereocenters. The lowest BCUT2D eigenvalue weighted by molar-refractivity contribution is -0.689. The molecule has 18 nitrogen and oxygen atoms in total. The molecule has 4 rings (SSSR count). The number of fused-ring (bicyclic) bond motifs is 1. The fraction of sp³-hybridized carbons (Fsp3) is 0.346. The van der Waals surface area contributed by atoms with Crippen molar-refractivity contribution < 1.29 is 43.6 Å². The summed E-state index contributed by atoms with van der Waals surface area (Å²) in [4.78, 5) is 76.3. The van der Waals surface area contributed by atoms with E-state index in [-0.39, 0.29) is 53.5 Å². The Morgan fingerprint density at radius 2 is 2.02 bits per heavy atom. The highest BCUT2D eigenvalue weighted by Gasteiger charge is 2.54. The van der Waals surface area contributed by atoms with Gasteiger partial charge in [0.15, 0.2) is 16.5 Å². The van der Waals surface area contributed by atoms with Crippen LogP contribution in [0.25, 0.3) is 0 Å². The summed E-state index contributed by atoms with van der Waals surface area (Å²) in [5.41, 5.74) is 15.1. The highest BCUT2D eigenvalue weighted by atomic mass is 32.2. The summed E-state index contributed by atoms with van der Waals surface area (Å²) in [6, 6.07) is -1.12. The molecule has 0 bridgehead atoms. The van der Waals surface area contributed by atoms with Crippen molar-refractivity contribution in [3.05, 3.63) is 47.0 Å². The number of nitrogens with two attached hydrogens (primary N) is 3. The largest absolute Gasteiger partial charge is 0.478 e. The first-order valence-corrected chi connectivity index (χ1v) is 15.4. The third-order valence-electron chi connectivity index (χ3n) is 6.54. The number of aromatic nitrogens is 3. The minimum absolute atomic E-state index is 0.00103. The molecule has 1 fully saturated rings. The van der Waals surface area contributed by atoms with E-state index in [2.05, 4.69) is 25.8 Å². The van der Waals surface area contributed by atoms with Crippen molar-refractivity contribution in [1.82, 2.24) is 20.2 Å². The number of nitrogen functional groups attached to an aromatic ring is 2. The molecule has 2 aliphatic heterocycles. The molecule has 1 unspecified atom stereocenters. The minimum Gasteiger partial charge on any atom is -0.478 e. The highest BCUT2D eigenvalue weighted by molar-refractivity contribution is 8.00. The third kappa shape index (κ3) is 7.41. The van der Waals surface area contributed by atoms with Gasteiger partial charge in [-0.3, -0.25) is 19.3 Å². The van der Waals surface area contributed by atoms with Gasteiger partial charge in [0.2, 0.25) is 11.5 Å². The summed E-state index contributed by atoms with van der Waals surface area (Å²) in [6.45, 7) is 2.86. The average molecular weight is 676 g/mol. The molecule has 1 saturated heterocycles. The second kappa shape index (κ2) is 13.9. The highest BCUT2D eigenvalue weighted by Crippen LogP contribution is 2.40. The van der Waals surface area contributed by atoms with E-state index in [1.165, 1.54) is 37.3 Å². The van der Waals surface area contributed by atoms with E-state index in [0.717, 1.165) is 16.2 Å². The van der Waals surface area contributed by atoms with Crippen molar-refractivity contribution in [2.75, 3.05) is 29.1 Å². The Labute approximate surface area is 269 Å². The second-order valence-corrected chi connectivity index (χ2v) is 12.3. The Morgan fingerprint density at radius 1 is 1.28 bits per heavy atom. The van der Waals surface area contributed by atoms with E-state index >= 15 is 0 Å². The van der Waals surface area contributed by atoms with Crippen molar-refractivity contribution >= 4 is 75.1 Å². The topological polar surface area (TPSA) is 282 Å². The number of carbonyl (C=O) groups excluding carboxylic acids is 3. The number of rotatable bonds is 13. The first-order valence-electron chi connectivity index (χ1n) is 13.5. The Balaban J connectivity index is 1.49. The predicted octanol–water partition coefficient (Wildman–Crippen LogP) is -1.14. The summed E-state index contributed by atoms with van der Waals surface area (Å²) >= 11 is 2.24. The van der Waals surface area contributed by atoms with Gasteiger partial charge in [0.1, 0.15) is 35.5 Å². The van der Waals surface area contributed by atoms with Crippen LogP contribution in [0.2, 0.25) is 0 Å². The number of oxime groups is 1. The number of aliphatic carboxylic acids is 2. The van der Waals surface area contributed by atoms with Gasteiger partial charge in [0.25, 0.3) is 24.0 Å². The number of hydrogen-bond acceptors (Lipinski definition) is 14. The van der Waals surface area contributed by atoms with Crippen LogP contribution in [0.15, 0.2) is 46.5 Å². The van der Waals surface area contributed by atoms with Gasteiger partial charge in [-0.15, -0.1) is 23.1 Å². The van der Waals surface area contributed by atoms with Crippen LogP contribution in [0, 0.1) is 0 Å². The number of nitrogens with one attached hydrogen (secondary N) is 2. The number of carboxylic acid groups (broad SMARTS) is 2. The smallest absolute Gasteiger partial charge is 0.352 e. The number of anilines is 3. The van der Waals surface area contributed by atoms with Gasteiger partial charge in [-0.05, 0) is 30.5 Å². The van der Waals surface area contributed by atoms with Crippen LogP contribution in [-0.4, -0.2) is 89.8 Å². The Morgan fingerprint density at radius 3 is 2.65 bits per heavy atom. The van der Waals surface area contributed by atoms with Gasteiger partial charge in [-0.1, -0.05) is 11.2 Å². The summed E-state index contributed by atoms with van der Waals surface area (Å²) < 4.78 is 1.61. The zero-order chi connectivity index (χ0) is 33.8. The lowest BCUT2D eigenvalue weighted by Crippen LogP contribution is -2.71. The summed E-state index contributed by atoms with van der Waals surface area (Å²) in [5, 5.41) is 29.0. The fourth-order valence-electron chi connectivity index (χ4n) is 4.11. The Kier molecular flexibility index (Phi) is 10.2. The molecule has 0 radical (unpaired) electrons. The SMILES string of the molecule is CC(C)(O/N=C(\C(=O)N[C@@H]1C(=O)N2C(C(=O)O)=C(/C=C/C[n+]3cnc(N)c(NC(=O)CCN)c3)CSC12)c1csc(N)n1)C(=O)O. The quantitative estimate of drug-likeness (QED) is 0.0572. The number of thiazole rings is 1. The molecule has 0 aromatic carbocycles. The Hall–Kier alpha value is -5.08. The zero-order valence-electron chi connectivity index (χ0n) is 24.5. The normalized spacial score (nSPS) is 18.2. The van der Waals surface area contributed by atoms with Crippen molar-refractivity contribution in [2.45, 2.75) is 43.8 Å². The number of carbonyl (C=O) groups is 5. The van der Waals surface area contributed by atoms with E-state index in [0.29, 0.717) is 11.3 Å². The summed E-state index contributed by atoms with van der Waals surface area (Å²) in [5.74, 6) is -4.26. The lowest BCUT2D eigenvalue weighted by Gasteiger charge is -2.49. The number of nitrogens with zero attached hydrogens (tertiary/aromatic N) is 5. The van der Waals surface area contributed by atoms with Crippen molar-refractivity contribution in [2.24, 2.45) is 10.9 Å². The molecule has 4 heterocycles. The minimum atomic E-state index is -1.79.